The van der Waals surface area contributed by atoms with Crippen LogP contribution >= 0.6 is 0 Å². The molecule has 0 aliphatic rings. The summed E-state index contributed by atoms with van der Waals surface area (Å²) in [4.78, 5) is 2.04. The first kappa shape index (κ1) is 14.1. The van der Waals surface area contributed by atoms with Crippen molar-refractivity contribution in [3.63, 3.8) is 0 Å². The molecule has 1 N–H and O–H groups in total. The summed E-state index contributed by atoms with van der Waals surface area (Å²) in [6, 6.07) is 20.2. The topological polar surface area (TPSA) is 39.1 Å². The average molecular weight is 265 g/mol. The summed E-state index contributed by atoms with van der Waals surface area (Å²) in [6.07, 6.45) is 0. The van der Waals surface area contributed by atoms with E-state index < -0.39 is 0 Å². The molecule has 0 heterocycles. The zero-order valence-electron chi connectivity index (χ0n) is 11.9. The zero-order chi connectivity index (χ0) is 14.4. The number of hydrogen-bond donors (Lipinski definition) is 1. The van der Waals surface area contributed by atoms with Crippen molar-refractivity contribution in [3.8, 4) is 6.07 Å². The van der Waals surface area contributed by atoms with E-state index in [9.17, 15) is 5.26 Å². The van der Waals surface area contributed by atoms with Crippen LogP contribution in [0, 0.1) is 11.3 Å². The molecule has 2 rings (SSSR count). The second-order valence-corrected chi connectivity index (χ2v) is 4.91. The SMILES string of the molecule is CN(C)c1ccc(C(C#N)NCc2ccccc2)cc1. The first-order valence-electron chi connectivity index (χ1n) is 6.65. The molecule has 1 unspecified atom stereocenters. The Morgan fingerprint density at radius 3 is 2.25 bits per heavy atom. The Balaban J connectivity index is 2.03. The lowest BCUT2D eigenvalue weighted by atomic mass is 10.1. The maximum absolute atomic E-state index is 9.31. The number of nitriles is 1. The van der Waals surface area contributed by atoms with E-state index in [1.54, 1.807) is 0 Å². The minimum absolute atomic E-state index is 0.286. The molecule has 0 saturated heterocycles. The maximum atomic E-state index is 9.31. The molecule has 0 fully saturated rings. The summed E-state index contributed by atoms with van der Waals surface area (Å²) >= 11 is 0. The van der Waals surface area contributed by atoms with Crippen molar-refractivity contribution in [1.82, 2.24) is 5.32 Å². The van der Waals surface area contributed by atoms with Gasteiger partial charge in [0.05, 0.1) is 6.07 Å². The van der Waals surface area contributed by atoms with Gasteiger partial charge in [-0.1, -0.05) is 42.5 Å². The largest absolute Gasteiger partial charge is 0.378 e. The molecule has 0 spiro atoms. The van der Waals surface area contributed by atoms with E-state index in [-0.39, 0.29) is 6.04 Å². The lowest BCUT2D eigenvalue weighted by molar-refractivity contribution is 0.630. The van der Waals surface area contributed by atoms with Gasteiger partial charge in [0.1, 0.15) is 6.04 Å². The Morgan fingerprint density at radius 2 is 1.70 bits per heavy atom. The van der Waals surface area contributed by atoms with Gasteiger partial charge in [-0.05, 0) is 23.3 Å². The molecule has 0 aliphatic heterocycles. The number of nitrogens with zero attached hydrogens (tertiary/aromatic N) is 2. The summed E-state index contributed by atoms with van der Waals surface area (Å²) in [7, 11) is 4.01. The highest BCUT2D eigenvalue weighted by Gasteiger charge is 2.09. The van der Waals surface area contributed by atoms with Crippen LogP contribution in [0.4, 0.5) is 5.69 Å². The van der Waals surface area contributed by atoms with E-state index in [4.69, 9.17) is 0 Å². The van der Waals surface area contributed by atoms with Gasteiger partial charge in [0.15, 0.2) is 0 Å². The van der Waals surface area contributed by atoms with E-state index in [2.05, 4.69) is 23.5 Å². The fourth-order valence-corrected chi connectivity index (χ4v) is 2.02. The second kappa shape index (κ2) is 6.74. The lowest BCUT2D eigenvalue weighted by Crippen LogP contribution is -2.19. The fraction of sp³-hybridized carbons (Fsp3) is 0.235. The van der Waals surface area contributed by atoms with Crippen molar-refractivity contribution < 1.29 is 0 Å². The van der Waals surface area contributed by atoms with Gasteiger partial charge in [0, 0.05) is 26.3 Å². The summed E-state index contributed by atoms with van der Waals surface area (Å²) in [5, 5.41) is 12.6. The van der Waals surface area contributed by atoms with Crippen LogP contribution in [0.5, 0.6) is 0 Å². The van der Waals surface area contributed by atoms with Crippen LogP contribution < -0.4 is 10.2 Å². The van der Waals surface area contributed by atoms with Crippen molar-refractivity contribution in [2.24, 2.45) is 0 Å². The van der Waals surface area contributed by atoms with Gasteiger partial charge in [-0.3, -0.25) is 5.32 Å². The predicted octanol–water partition coefficient (Wildman–Crippen LogP) is 3.11. The number of hydrogen-bond acceptors (Lipinski definition) is 3. The Hall–Kier alpha value is -2.31. The average Bonchev–Trinajstić information content (AvgIpc) is 2.49. The zero-order valence-corrected chi connectivity index (χ0v) is 11.9. The molecule has 0 aliphatic carbocycles. The molecule has 0 bridgehead atoms. The van der Waals surface area contributed by atoms with Crippen molar-refractivity contribution >= 4 is 5.69 Å². The predicted molar refractivity (Wildman–Crippen MR) is 82.4 cm³/mol. The summed E-state index contributed by atoms with van der Waals surface area (Å²) < 4.78 is 0. The summed E-state index contributed by atoms with van der Waals surface area (Å²) in [6.45, 7) is 0.689. The van der Waals surface area contributed by atoms with Gasteiger partial charge >= 0.3 is 0 Å². The van der Waals surface area contributed by atoms with E-state index in [0.29, 0.717) is 6.54 Å². The fourth-order valence-electron chi connectivity index (χ4n) is 2.02. The summed E-state index contributed by atoms with van der Waals surface area (Å²) in [5.41, 5.74) is 3.31. The first-order valence-corrected chi connectivity index (χ1v) is 6.65. The highest BCUT2D eigenvalue weighted by atomic mass is 15.1. The highest BCUT2D eigenvalue weighted by molar-refractivity contribution is 5.47. The van der Waals surface area contributed by atoms with Gasteiger partial charge in [-0.25, -0.2) is 0 Å². The van der Waals surface area contributed by atoms with Crippen LogP contribution in [0.2, 0.25) is 0 Å². The number of benzene rings is 2. The monoisotopic (exact) mass is 265 g/mol. The maximum Gasteiger partial charge on any atom is 0.121 e. The van der Waals surface area contributed by atoms with Gasteiger partial charge in [-0.15, -0.1) is 0 Å². The third-order valence-electron chi connectivity index (χ3n) is 3.23. The van der Waals surface area contributed by atoms with Crippen molar-refractivity contribution in [2.45, 2.75) is 12.6 Å². The van der Waals surface area contributed by atoms with Crippen molar-refractivity contribution in [1.29, 1.82) is 5.26 Å². The van der Waals surface area contributed by atoms with Crippen LogP contribution in [0.25, 0.3) is 0 Å². The molecular weight excluding hydrogens is 246 g/mol. The minimum Gasteiger partial charge on any atom is -0.378 e. The van der Waals surface area contributed by atoms with E-state index >= 15 is 0 Å². The number of anilines is 1. The third kappa shape index (κ3) is 3.59. The quantitative estimate of drug-likeness (QED) is 0.903. The number of rotatable bonds is 5. The van der Waals surface area contributed by atoms with E-state index in [0.717, 1.165) is 11.3 Å². The molecule has 0 radical (unpaired) electrons. The van der Waals surface area contributed by atoms with Crippen LogP contribution in [0.1, 0.15) is 17.2 Å². The smallest absolute Gasteiger partial charge is 0.121 e. The van der Waals surface area contributed by atoms with Crippen LogP contribution in [0.15, 0.2) is 54.6 Å². The molecule has 1 atom stereocenters. The van der Waals surface area contributed by atoms with Crippen LogP contribution in [-0.4, -0.2) is 14.1 Å². The molecule has 2 aromatic rings. The van der Waals surface area contributed by atoms with Gasteiger partial charge < -0.3 is 4.90 Å². The Bertz CT molecular complexity index is 567. The molecular formula is C17H19N3. The summed E-state index contributed by atoms with van der Waals surface area (Å²) in [5.74, 6) is 0. The Morgan fingerprint density at radius 1 is 1.05 bits per heavy atom. The molecule has 0 amide bonds. The molecule has 0 aromatic heterocycles. The molecule has 102 valence electrons. The number of nitrogens with one attached hydrogen (secondary N) is 1. The van der Waals surface area contributed by atoms with Crippen LogP contribution in [-0.2, 0) is 6.54 Å². The molecule has 0 saturated carbocycles. The van der Waals surface area contributed by atoms with E-state index in [1.165, 1.54) is 5.56 Å². The molecule has 20 heavy (non-hydrogen) atoms. The van der Waals surface area contributed by atoms with Gasteiger partial charge in [0.2, 0.25) is 0 Å². The van der Waals surface area contributed by atoms with Crippen molar-refractivity contribution in [3.05, 3.63) is 65.7 Å². The Labute approximate surface area is 120 Å². The normalized spacial score (nSPS) is 11.7. The second-order valence-electron chi connectivity index (χ2n) is 4.91. The minimum atomic E-state index is -0.286. The molecule has 3 heteroatoms. The molecule has 2 aromatic carbocycles. The van der Waals surface area contributed by atoms with E-state index in [1.807, 2.05) is 61.5 Å². The Kier molecular flexibility index (Phi) is 4.75. The van der Waals surface area contributed by atoms with Crippen molar-refractivity contribution in [2.75, 3.05) is 19.0 Å². The molecule has 3 nitrogen and oxygen atoms in total. The van der Waals surface area contributed by atoms with Gasteiger partial charge in [0.25, 0.3) is 0 Å². The van der Waals surface area contributed by atoms with Crippen LogP contribution in [0.3, 0.4) is 0 Å². The lowest BCUT2D eigenvalue weighted by Gasteiger charge is -2.15. The standard InChI is InChI=1S/C17H19N3/c1-20(2)16-10-8-15(9-11-16)17(12-18)19-13-14-6-4-3-5-7-14/h3-11,17,19H,13H2,1-2H3. The first-order chi connectivity index (χ1) is 9.70. The highest BCUT2D eigenvalue weighted by Crippen LogP contribution is 2.18. The van der Waals surface area contributed by atoms with Gasteiger partial charge in [-0.2, -0.15) is 5.26 Å². The third-order valence-corrected chi connectivity index (χ3v) is 3.23.